The van der Waals surface area contributed by atoms with Gasteiger partial charge in [0.05, 0.1) is 18.6 Å². The summed E-state index contributed by atoms with van der Waals surface area (Å²) in [4.78, 5) is 4.19. The number of aromatic nitrogens is 2. The van der Waals surface area contributed by atoms with Crippen LogP contribution >= 0.6 is 0 Å². The number of aliphatic hydroxyl groups excluding tert-OH is 1. The Balaban J connectivity index is 1.64. The summed E-state index contributed by atoms with van der Waals surface area (Å²) in [6, 6.07) is 0.688. The zero-order valence-corrected chi connectivity index (χ0v) is 8.82. The van der Waals surface area contributed by atoms with Crippen molar-refractivity contribution in [3.05, 3.63) is 18.2 Å². The molecular formula is C11H17N3O. The molecule has 2 aliphatic rings. The third kappa shape index (κ3) is 1.79. The van der Waals surface area contributed by atoms with Crippen LogP contribution in [0, 0.1) is 0 Å². The van der Waals surface area contributed by atoms with Crippen molar-refractivity contribution in [3.8, 4) is 0 Å². The molecule has 0 aromatic carbocycles. The summed E-state index contributed by atoms with van der Waals surface area (Å²) in [6.07, 6.45) is 8.62. The Morgan fingerprint density at radius 2 is 2.33 bits per heavy atom. The van der Waals surface area contributed by atoms with E-state index in [0.717, 1.165) is 19.4 Å². The van der Waals surface area contributed by atoms with Crippen molar-refractivity contribution in [3.63, 3.8) is 0 Å². The maximum atomic E-state index is 9.19. The van der Waals surface area contributed by atoms with Crippen molar-refractivity contribution in [2.24, 2.45) is 0 Å². The lowest BCUT2D eigenvalue weighted by Crippen LogP contribution is -2.34. The average molecular weight is 207 g/mol. The summed E-state index contributed by atoms with van der Waals surface area (Å²) in [5.74, 6) is 0. The molecule has 1 aromatic rings. The van der Waals surface area contributed by atoms with Gasteiger partial charge < -0.3 is 15.0 Å². The molecule has 2 fully saturated rings. The van der Waals surface area contributed by atoms with Gasteiger partial charge in [0.15, 0.2) is 0 Å². The number of nitrogens with zero attached hydrogens (tertiary/aromatic N) is 2. The molecule has 0 unspecified atom stereocenters. The van der Waals surface area contributed by atoms with E-state index in [1.807, 2.05) is 12.5 Å². The molecule has 1 aromatic heterocycles. The first-order valence-corrected chi connectivity index (χ1v) is 5.70. The van der Waals surface area contributed by atoms with Crippen LogP contribution < -0.4 is 5.32 Å². The summed E-state index contributed by atoms with van der Waals surface area (Å²) in [6.45, 7) is 1.08. The van der Waals surface area contributed by atoms with Crippen molar-refractivity contribution in [2.45, 2.75) is 43.8 Å². The van der Waals surface area contributed by atoms with Gasteiger partial charge in [-0.05, 0) is 25.7 Å². The Morgan fingerprint density at radius 3 is 2.93 bits per heavy atom. The van der Waals surface area contributed by atoms with E-state index in [0.29, 0.717) is 6.04 Å². The fourth-order valence-electron chi connectivity index (χ4n) is 1.97. The molecule has 1 heterocycles. The van der Waals surface area contributed by atoms with Crippen molar-refractivity contribution < 1.29 is 5.11 Å². The minimum Gasteiger partial charge on any atom is -0.394 e. The minimum absolute atomic E-state index is 0.0264. The van der Waals surface area contributed by atoms with Gasteiger partial charge in [-0.1, -0.05) is 0 Å². The highest BCUT2D eigenvalue weighted by atomic mass is 16.3. The second kappa shape index (κ2) is 3.32. The van der Waals surface area contributed by atoms with Crippen LogP contribution in [0.15, 0.2) is 12.5 Å². The van der Waals surface area contributed by atoms with Crippen molar-refractivity contribution in [2.75, 3.05) is 6.61 Å². The topological polar surface area (TPSA) is 50.1 Å². The molecular weight excluding hydrogens is 190 g/mol. The second-order valence-corrected chi connectivity index (χ2v) is 4.82. The fourth-order valence-corrected chi connectivity index (χ4v) is 1.97. The molecule has 4 nitrogen and oxygen atoms in total. The molecule has 0 radical (unpaired) electrons. The first-order valence-electron chi connectivity index (χ1n) is 5.70. The Labute approximate surface area is 89.3 Å². The Morgan fingerprint density at radius 1 is 1.53 bits per heavy atom. The predicted octanol–water partition coefficient (Wildman–Crippen LogP) is 0.832. The lowest BCUT2D eigenvalue weighted by atomic mass is 10.3. The van der Waals surface area contributed by atoms with Gasteiger partial charge in [-0.3, -0.25) is 0 Å². The number of hydrogen-bond acceptors (Lipinski definition) is 3. The molecule has 0 aliphatic heterocycles. The standard InChI is InChI=1S/C11H17N3O/c15-7-11(3-4-11)13-6-10-5-12-8-14(10)9-1-2-9/h5,8-9,13,15H,1-4,6-7H2. The van der Waals surface area contributed by atoms with E-state index < -0.39 is 0 Å². The van der Waals surface area contributed by atoms with E-state index in [1.54, 1.807) is 0 Å². The molecule has 15 heavy (non-hydrogen) atoms. The monoisotopic (exact) mass is 207 g/mol. The Bertz CT molecular complexity index is 352. The first kappa shape index (κ1) is 9.36. The van der Waals surface area contributed by atoms with E-state index in [1.165, 1.54) is 18.5 Å². The normalized spacial score (nSPS) is 23.0. The lowest BCUT2D eigenvalue weighted by molar-refractivity contribution is 0.229. The number of nitrogens with one attached hydrogen (secondary N) is 1. The fraction of sp³-hybridized carbons (Fsp3) is 0.727. The molecule has 3 rings (SSSR count). The van der Waals surface area contributed by atoms with Crippen LogP contribution in [0.1, 0.15) is 37.4 Å². The highest BCUT2D eigenvalue weighted by molar-refractivity contribution is 5.07. The number of rotatable bonds is 5. The van der Waals surface area contributed by atoms with E-state index >= 15 is 0 Å². The molecule has 82 valence electrons. The Hall–Kier alpha value is -0.870. The molecule has 2 aliphatic carbocycles. The van der Waals surface area contributed by atoms with Gasteiger partial charge in [0.1, 0.15) is 0 Å². The van der Waals surface area contributed by atoms with Crippen LogP contribution in [0.5, 0.6) is 0 Å². The van der Waals surface area contributed by atoms with Crippen LogP contribution in [-0.2, 0) is 6.54 Å². The molecule has 0 saturated heterocycles. The smallest absolute Gasteiger partial charge is 0.0951 e. The van der Waals surface area contributed by atoms with Gasteiger partial charge in [0, 0.05) is 24.3 Å². The average Bonchev–Trinajstić information content (AvgIpc) is 3.17. The summed E-state index contributed by atoms with van der Waals surface area (Å²) < 4.78 is 2.26. The van der Waals surface area contributed by atoms with Gasteiger partial charge in [-0.25, -0.2) is 4.98 Å². The molecule has 2 N–H and O–H groups in total. The van der Waals surface area contributed by atoms with Gasteiger partial charge in [0.25, 0.3) is 0 Å². The van der Waals surface area contributed by atoms with Gasteiger partial charge in [0.2, 0.25) is 0 Å². The van der Waals surface area contributed by atoms with E-state index in [9.17, 15) is 5.11 Å². The molecule has 4 heteroatoms. The lowest BCUT2D eigenvalue weighted by Gasteiger charge is -2.14. The molecule has 2 saturated carbocycles. The summed E-state index contributed by atoms with van der Waals surface area (Å²) in [5.41, 5.74) is 1.27. The van der Waals surface area contributed by atoms with Gasteiger partial charge in [-0.2, -0.15) is 0 Å². The van der Waals surface area contributed by atoms with Gasteiger partial charge in [-0.15, -0.1) is 0 Å². The summed E-state index contributed by atoms with van der Waals surface area (Å²) in [7, 11) is 0. The molecule has 0 spiro atoms. The van der Waals surface area contributed by atoms with E-state index in [-0.39, 0.29) is 12.1 Å². The second-order valence-electron chi connectivity index (χ2n) is 4.82. The third-order valence-corrected chi connectivity index (χ3v) is 3.49. The zero-order chi connectivity index (χ0) is 10.3. The van der Waals surface area contributed by atoms with Crippen LogP contribution in [0.25, 0.3) is 0 Å². The van der Waals surface area contributed by atoms with E-state index in [4.69, 9.17) is 0 Å². The quantitative estimate of drug-likeness (QED) is 0.752. The Kier molecular flexibility index (Phi) is 2.07. The SMILES string of the molecule is OCC1(NCc2cncn2C2CC2)CC1. The maximum absolute atomic E-state index is 9.19. The minimum atomic E-state index is 0.0264. The van der Waals surface area contributed by atoms with Crippen molar-refractivity contribution >= 4 is 0 Å². The predicted molar refractivity (Wildman–Crippen MR) is 56.4 cm³/mol. The number of imidazole rings is 1. The van der Waals surface area contributed by atoms with Gasteiger partial charge >= 0.3 is 0 Å². The molecule has 0 atom stereocenters. The summed E-state index contributed by atoms with van der Waals surface area (Å²) >= 11 is 0. The van der Waals surface area contributed by atoms with Crippen LogP contribution in [0.3, 0.4) is 0 Å². The van der Waals surface area contributed by atoms with Crippen LogP contribution in [-0.4, -0.2) is 26.8 Å². The largest absolute Gasteiger partial charge is 0.394 e. The number of hydrogen-bond donors (Lipinski definition) is 2. The molecule has 0 bridgehead atoms. The van der Waals surface area contributed by atoms with E-state index in [2.05, 4.69) is 14.9 Å². The maximum Gasteiger partial charge on any atom is 0.0951 e. The summed E-state index contributed by atoms with van der Waals surface area (Å²) in [5, 5.41) is 12.6. The zero-order valence-electron chi connectivity index (χ0n) is 8.82. The highest BCUT2D eigenvalue weighted by Gasteiger charge is 2.41. The van der Waals surface area contributed by atoms with Crippen LogP contribution in [0.2, 0.25) is 0 Å². The third-order valence-electron chi connectivity index (χ3n) is 3.49. The first-order chi connectivity index (χ1) is 7.33. The van der Waals surface area contributed by atoms with Crippen molar-refractivity contribution in [1.82, 2.24) is 14.9 Å². The number of aliphatic hydroxyl groups is 1. The highest BCUT2D eigenvalue weighted by Crippen LogP contribution is 2.37. The van der Waals surface area contributed by atoms with Crippen LogP contribution in [0.4, 0.5) is 0 Å². The van der Waals surface area contributed by atoms with Crippen molar-refractivity contribution in [1.29, 1.82) is 0 Å². The molecule has 0 amide bonds.